The summed E-state index contributed by atoms with van der Waals surface area (Å²) in [6, 6.07) is -0.704. The molecule has 12 heavy (non-hydrogen) atoms. The monoisotopic (exact) mass is 176 g/mol. The highest BCUT2D eigenvalue weighted by atomic mass is 16.6. The largest absolute Gasteiger partial charge is 0.456 e. The molecule has 0 aliphatic heterocycles. The van der Waals surface area contributed by atoms with Crippen LogP contribution >= 0.6 is 0 Å². The summed E-state index contributed by atoms with van der Waals surface area (Å²) < 4.78 is 5.00. The topological polar surface area (TPSA) is 74.2 Å². The van der Waals surface area contributed by atoms with Crippen LogP contribution in [0.4, 0.5) is 0 Å². The van der Waals surface area contributed by atoms with Gasteiger partial charge in [-0.15, -0.1) is 0 Å². The Labute approximate surface area is 72.7 Å². The molecule has 0 saturated carbocycles. The molecule has 0 aromatic carbocycles. The van der Waals surface area contributed by atoms with Gasteiger partial charge in [-0.05, 0) is 27.7 Å². The maximum absolute atomic E-state index is 11.2. The Bertz CT molecular complexity index is 160. The van der Waals surface area contributed by atoms with Crippen molar-refractivity contribution in [1.29, 1.82) is 0 Å². The van der Waals surface area contributed by atoms with E-state index in [2.05, 4.69) is 5.73 Å². The van der Waals surface area contributed by atoms with E-state index < -0.39 is 23.7 Å². The summed E-state index contributed by atoms with van der Waals surface area (Å²) in [6.45, 7) is 6.85. The van der Waals surface area contributed by atoms with Gasteiger partial charge in [0.25, 0.3) is 0 Å². The van der Waals surface area contributed by atoms with Crippen LogP contribution in [0, 0.1) is 0 Å². The van der Waals surface area contributed by atoms with Gasteiger partial charge in [-0.1, -0.05) is 0 Å². The highest BCUT2D eigenvalue weighted by Gasteiger charge is 2.28. The van der Waals surface area contributed by atoms with Gasteiger partial charge in [0.05, 0.1) is 0 Å². The smallest absolute Gasteiger partial charge is 0.368 e. The van der Waals surface area contributed by atoms with Crippen molar-refractivity contribution in [3.63, 3.8) is 0 Å². The van der Waals surface area contributed by atoms with Crippen LogP contribution in [-0.2, 0) is 9.53 Å². The molecular weight excluding hydrogens is 158 g/mol. The molecule has 0 radical (unpaired) electrons. The summed E-state index contributed by atoms with van der Waals surface area (Å²) in [5, 5.41) is 9.02. The molecule has 4 nitrogen and oxygen atoms in total. The molecule has 0 aromatic rings. The van der Waals surface area contributed by atoms with Gasteiger partial charge in [0.1, 0.15) is 11.7 Å². The normalized spacial score (nSPS) is 16.8. The number of ether oxygens (including phenoxy) is 1. The Morgan fingerprint density at radius 3 is 2.17 bits per heavy atom. The lowest BCUT2D eigenvalue weighted by atomic mass is 10.1. The molecule has 0 amide bonds. The molecule has 72 valence electrons. The van der Waals surface area contributed by atoms with Gasteiger partial charge in [-0.3, -0.25) is 0 Å². The van der Waals surface area contributed by atoms with E-state index in [1.165, 1.54) is 6.92 Å². The van der Waals surface area contributed by atoms with Crippen molar-refractivity contribution < 1.29 is 20.4 Å². The van der Waals surface area contributed by atoms with Gasteiger partial charge in [-0.25, -0.2) is 4.79 Å². The Hall–Kier alpha value is -0.610. The average Bonchev–Trinajstić information content (AvgIpc) is 1.82. The molecule has 4 N–H and O–H groups in total. The Kier molecular flexibility index (Phi) is 3.67. The van der Waals surface area contributed by atoms with E-state index in [1.807, 2.05) is 0 Å². The fourth-order valence-electron chi connectivity index (χ4n) is 0.574. The number of hydrogen-bond acceptors (Lipinski definition) is 3. The molecule has 0 saturated heterocycles. The lowest BCUT2D eigenvalue weighted by molar-refractivity contribution is -0.425. The number of rotatable bonds is 2. The average molecular weight is 176 g/mol. The zero-order valence-corrected chi connectivity index (χ0v) is 8.13. The fourth-order valence-corrected chi connectivity index (χ4v) is 0.574. The first-order valence-corrected chi connectivity index (χ1v) is 3.98. The van der Waals surface area contributed by atoms with Crippen molar-refractivity contribution in [3.8, 4) is 0 Å². The Balaban J connectivity index is 4.05. The number of carbonyl (C=O) groups excluding carboxylic acids is 1. The van der Waals surface area contributed by atoms with Crippen LogP contribution in [0.1, 0.15) is 27.7 Å². The molecule has 0 unspecified atom stereocenters. The van der Waals surface area contributed by atoms with Crippen molar-refractivity contribution in [2.24, 2.45) is 0 Å². The fraction of sp³-hybridized carbons (Fsp3) is 0.875. The van der Waals surface area contributed by atoms with Crippen LogP contribution in [0.15, 0.2) is 0 Å². The van der Waals surface area contributed by atoms with Crippen molar-refractivity contribution >= 4 is 5.97 Å². The van der Waals surface area contributed by atoms with E-state index in [1.54, 1.807) is 20.8 Å². The first kappa shape index (κ1) is 11.4. The number of aliphatic hydroxyl groups excluding tert-OH is 1. The number of carbonyl (C=O) groups is 1. The third-order valence-electron chi connectivity index (χ3n) is 1.29. The quantitative estimate of drug-likeness (QED) is 0.547. The van der Waals surface area contributed by atoms with Crippen LogP contribution in [-0.4, -0.2) is 28.8 Å². The van der Waals surface area contributed by atoms with E-state index in [-0.39, 0.29) is 0 Å². The Morgan fingerprint density at radius 2 is 1.92 bits per heavy atom. The molecule has 0 heterocycles. The highest BCUT2D eigenvalue weighted by Crippen LogP contribution is 2.08. The van der Waals surface area contributed by atoms with Crippen LogP contribution in [0.5, 0.6) is 0 Å². The van der Waals surface area contributed by atoms with Crippen LogP contribution < -0.4 is 5.73 Å². The van der Waals surface area contributed by atoms with E-state index in [4.69, 9.17) is 9.84 Å². The second kappa shape index (κ2) is 3.87. The maximum atomic E-state index is 11.2. The van der Waals surface area contributed by atoms with Crippen molar-refractivity contribution in [1.82, 2.24) is 0 Å². The summed E-state index contributed by atoms with van der Waals surface area (Å²) in [5.74, 6) is -0.461. The third kappa shape index (κ3) is 4.31. The second-order valence-corrected chi connectivity index (χ2v) is 3.88. The molecule has 0 aliphatic carbocycles. The van der Waals surface area contributed by atoms with E-state index in [9.17, 15) is 4.79 Å². The lowest BCUT2D eigenvalue weighted by Crippen LogP contribution is -2.70. The van der Waals surface area contributed by atoms with Crippen LogP contribution in [0.25, 0.3) is 0 Å². The standard InChI is InChI=1S/C8H17NO3/c1-5(10)6(9)7(11)12-8(2,3)4/h5-6,10H,9H2,1-4H3/p+1/t5-,6+/m0/s1. The molecule has 2 atom stereocenters. The van der Waals surface area contributed by atoms with Gasteiger partial charge in [0.2, 0.25) is 6.04 Å². The highest BCUT2D eigenvalue weighted by molar-refractivity contribution is 5.75. The van der Waals surface area contributed by atoms with Gasteiger partial charge >= 0.3 is 5.97 Å². The van der Waals surface area contributed by atoms with Gasteiger partial charge in [-0.2, -0.15) is 0 Å². The predicted octanol–water partition coefficient (Wildman–Crippen LogP) is -0.681. The summed E-state index contributed by atoms with van der Waals surface area (Å²) >= 11 is 0. The van der Waals surface area contributed by atoms with Gasteiger partial charge in [0.15, 0.2) is 0 Å². The molecule has 0 fully saturated rings. The van der Waals surface area contributed by atoms with Crippen molar-refractivity contribution in [2.45, 2.75) is 45.4 Å². The van der Waals surface area contributed by atoms with Crippen LogP contribution in [0.3, 0.4) is 0 Å². The molecule has 0 bridgehead atoms. The summed E-state index contributed by atoms with van der Waals surface area (Å²) in [7, 11) is 0. The minimum absolute atomic E-state index is 0.461. The molecule has 0 aliphatic rings. The van der Waals surface area contributed by atoms with Crippen molar-refractivity contribution in [3.05, 3.63) is 0 Å². The van der Waals surface area contributed by atoms with E-state index >= 15 is 0 Å². The SMILES string of the molecule is C[C@H](O)[C@@H]([NH3+])C(=O)OC(C)(C)C. The number of aliphatic hydroxyl groups is 1. The Morgan fingerprint density at radius 1 is 1.50 bits per heavy atom. The number of esters is 1. The summed E-state index contributed by atoms with van der Waals surface area (Å²) in [4.78, 5) is 11.2. The van der Waals surface area contributed by atoms with E-state index in [0.29, 0.717) is 0 Å². The molecule has 4 heteroatoms. The van der Waals surface area contributed by atoms with Gasteiger partial charge < -0.3 is 15.6 Å². The predicted molar refractivity (Wildman–Crippen MR) is 44.2 cm³/mol. The molecular formula is C8H18NO3+. The summed E-state index contributed by atoms with van der Waals surface area (Å²) in [5.41, 5.74) is 2.99. The first-order chi connectivity index (χ1) is 5.24. The molecule has 0 spiro atoms. The second-order valence-electron chi connectivity index (χ2n) is 3.88. The maximum Gasteiger partial charge on any atom is 0.368 e. The number of quaternary nitrogens is 1. The number of hydrogen-bond donors (Lipinski definition) is 2. The zero-order valence-electron chi connectivity index (χ0n) is 8.13. The minimum Gasteiger partial charge on any atom is -0.456 e. The first-order valence-electron chi connectivity index (χ1n) is 3.98. The third-order valence-corrected chi connectivity index (χ3v) is 1.29. The minimum atomic E-state index is -0.764. The summed E-state index contributed by atoms with van der Waals surface area (Å²) in [6.07, 6.45) is -0.764. The van der Waals surface area contributed by atoms with Crippen molar-refractivity contribution in [2.75, 3.05) is 0 Å². The molecule has 0 rings (SSSR count). The lowest BCUT2D eigenvalue weighted by Gasteiger charge is -2.21. The van der Waals surface area contributed by atoms with Crippen LogP contribution in [0.2, 0.25) is 0 Å². The van der Waals surface area contributed by atoms with E-state index in [0.717, 1.165) is 0 Å². The zero-order chi connectivity index (χ0) is 9.94. The van der Waals surface area contributed by atoms with Gasteiger partial charge in [0, 0.05) is 0 Å². The molecule has 0 aromatic heterocycles.